The number of likely N-dealkylation sites (tertiary alicyclic amines) is 1. The molecule has 2 aromatic heterocycles. The maximum atomic E-state index is 13.4. The summed E-state index contributed by atoms with van der Waals surface area (Å²) in [4.78, 5) is 38.8. The Balaban J connectivity index is 1.40. The van der Waals surface area contributed by atoms with Crippen LogP contribution in [-0.2, 0) is 9.59 Å². The molecule has 2 amide bonds. The van der Waals surface area contributed by atoms with Gasteiger partial charge >= 0.3 is 0 Å². The number of rotatable bonds is 8. The molecule has 0 bridgehead atoms. The molecule has 0 saturated carbocycles. The lowest BCUT2D eigenvalue weighted by molar-refractivity contribution is -0.143. The SMILES string of the molecule is COc1cc(C(C(=O)N2CCCC2C(=O)NOc2ccc(-c3scnc3C)cc2)C(C)C)on1. The first kappa shape index (κ1) is 23.7. The highest BCUT2D eigenvalue weighted by Gasteiger charge is 2.40. The fourth-order valence-electron chi connectivity index (χ4n) is 4.16. The van der Waals surface area contributed by atoms with Crippen LogP contribution in [0.25, 0.3) is 10.4 Å². The number of hydrogen-bond acceptors (Lipinski definition) is 8. The van der Waals surface area contributed by atoms with Crippen LogP contribution in [0.15, 0.2) is 40.4 Å². The minimum Gasteiger partial charge on any atom is -0.479 e. The Morgan fingerprint density at radius 1 is 1.26 bits per heavy atom. The van der Waals surface area contributed by atoms with Crippen molar-refractivity contribution in [3.8, 4) is 22.1 Å². The van der Waals surface area contributed by atoms with Crippen molar-refractivity contribution in [2.75, 3.05) is 13.7 Å². The average Bonchev–Trinajstić information content (AvgIpc) is 3.58. The van der Waals surface area contributed by atoms with Gasteiger partial charge in [0.2, 0.25) is 5.91 Å². The number of aromatic nitrogens is 2. The Bertz CT molecular complexity index is 1140. The van der Waals surface area contributed by atoms with Gasteiger partial charge < -0.3 is 19.0 Å². The van der Waals surface area contributed by atoms with Gasteiger partial charge in [-0.3, -0.25) is 9.59 Å². The monoisotopic (exact) mass is 484 g/mol. The van der Waals surface area contributed by atoms with Crippen molar-refractivity contribution < 1.29 is 23.7 Å². The van der Waals surface area contributed by atoms with E-state index in [0.717, 1.165) is 22.6 Å². The van der Waals surface area contributed by atoms with E-state index in [2.05, 4.69) is 15.6 Å². The van der Waals surface area contributed by atoms with Gasteiger partial charge in [-0.15, -0.1) is 11.3 Å². The predicted molar refractivity (Wildman–Crippen MR) is 126 cm³/mol. The molecule has 1 aromatic carbocycles. The first-order chi connectivity index (χ1) is 16.4. The molecule has 2 atom stereocenters. The molecule has 1 N–H and O–H groups in total. The molecule has 1 aliphatic heterocycles. The third kappa shape index (κ3) is 4.91. The van der Waals surface area contributed by atoms with E-state index < -0.39 is 12.0 Å². The molecular weight excluding hydrogens is 456 g/mol. The molecule has 1 aliphatic rings. The second kappa shape index (κ2) is 10.3. The molecule has 34 heavy (non-hydrogen) atoms. The molecule has 1 fully saturated rings. The van der Waals surface area contributed by atoms with E-state index in [9.17, 15) is 9.59 Å². The number of hydroxylamine groups is 1. The van der Waals surface area contributed by atoms with Crippen molar-refractivity contribution in [1.82, 2.24) is 20.5 Å². The summed E-state index contributed by atoms with van der Waals surface area (Å²) in [6.07, 6.45) is 1.30. The van der Waals surface area contributed by atoms with Crippen LogP contribution in [0.3, 0.4) is 0 Å². The zero-order valence-electron chi connectivity index (χ0n) is 19.6. The summed E-state index contributed by atoms with van der Waals surface area (Å²) < 4.78 is 10.4. The third-order valence-corrected chi connectivity index (χ3v) is 6.90. The van der Waals surface area contributed by atoms with Crippen molar-refractivity contribution in [3.05, 3.63) is 47.3 Å². The van der Waals surface area contributed by atoms with Crippen LogP contribution >= 0.6 is 11.3 Å². The lowest BCUT2D eigenvalue weighted by atomic mass is 9.91. The van der Waals surface area contributed by atoms with E-state index in [1.807, 2.05) is 38.4 Å². The van der Waals surface area contributed by atoms with E-state index in [0.29, 0.717) is 30.4 Å². The quantitative estimate of drug-likeness (QED) is 0.482. The van der Waals surface area contributed by atoms with Crippen LogP contribution in [0.1, 0.15) is 44.1 Å². The van der Waals surface area contributed by atoms with Gasteiger partial charge in [0.05, 0.1) is 23.2 Å². The maximum Gasteiger partial charge on any atom is 0.275 e. The molecule has 0 spiro atoms. The molecule has 180 valence electrons. The van der Waals surface area contributed by atoms with Crippen molar-refractivity contribution >= 4 is 23.2 Å². The molecule has 0 aliphatic carbocycles. The molecule has 2 unspecified atom stereocenters. The van der Waals surface area contributed by atoms with Gasteiger partial charge in [-0.25, -0.2) is 4.98 Å². The summed E-state index contributed by atoms with van der Waals surface area (Å²) in [7, 11) is 1.49. The van der Waals surface area contributed by atoms with Gasteiger partial charge in [-0.2, -0.15) is 5.48 Å². The molecule has 1 saturated heterocycles. The van der Waals surface area contributed by atoms with E-state index in [-0.39, 0.29) is 17.7 Å². The largest absolute Gasteiger partial charge is 0.479 e. The highest BCUT2D eigenvalue weighted by molar-refractivity contribution is 7.13. The van der Waals surface area contributed by atoms with Gasteiger partial charge in [-0.1, -0.05) is 13.8 Å². The number of methoxy groups -OCH3 is 1. The molecule has 4 rings (SSSR count). The number of carbonyl (C=O) groups is 2. The van der Waals surface area contributed by atoms with Crippen LogP contribution in [0.2, 0.25) is 0 Å². The number of hydrogen-bond donors (Lipinski definition) is 1. The molecule has 9 nitrogen and oxygen atoms in total. The first-order valence-corrected chi connectivity index (χ1v) is 12.0. The Hall–Kier alpha value is -3.40. The molecule has 3 heterocycles. The molecular formula is C24H28N4O5S. The lowest BCUT2D eigenvalue weighted by Crippen LogP contribution is -2.48. The number of nitrogens with zero attached hydrogens (tertiary/aromatic N) is 3. The van der Waals surface area contributed by atoms with Crippen LogP contribution < -0.4 is 15.1 Å². The zero-order valence-corrected chi connectivity index (χ0v) is 20.4. The van der Waals surface area contributed by atoms with Crippen LogP contribution in [0.4, 0.5) is 0 Å². The van der Waals surface area contributed by atoms with Gasteiger partial charge in [-0.05, 0) is 60.7 Å². The third-order valence-electron chi connectivity index (χ3n) is 5.93. The minimum absolute atomic E-state index is 0.0496. The zero-order chi connectivity index (χ0) is 24.2. The second-order valence-corrected chi connectivity index (χ2v) is 9.40. The number of amides is 2. The Morgan fingerprint density at radius 2 is 2.03 bits per heavy atom. The summed E-state index contributed by atoms with van der Waals surface area (Å²) in [6.45, 7) is 6.33. The second-order valence-electron chi connectivity index (χ2n) is 8.54. The summed E-state index contributed by atoms with van der Waals surface area (Å²) in [5.41, 5.74) is 6.34. The number of ether oxygens (including phenoxy) is 1. The molecule has 3 aromatic rings. The van der Waals surface area contributed by atoms with E-state index in [4.69, 9.17) is 14.1 Å². The van der Waals surface area contributed by atoms with Gasteiger partial charge in [0.15, 0.2) is 11.5 Å². The smallest absolute Gasteiger partial charge is 0.275 e. The molecule has 0 radical (unpaired) electrons. The highest BCUT2D eigenvalue weighted by Crippen LogP contribution is 2.32. The summed E-state index contributed by atoms with van der Waals surface area (Å²) in [6, 6.07) is 8.43. The normalized spacial score (nSPS) is 16.5. The van der Waals surface area contributed by atoms with Crippen molar-refractivity contribution in [1.29, 1.82) is 0 Å². The van der Waals surface area contributed by atoms with E-state index in [1.165, 1.54) is 7.11 Å². The number of thiazole rings is 1. The Kier molecular flexibility index (Phi) is 7.16. The van der Waals surface area contributed by atoms with E-state index in [1.54, 1.807) is 34.4 Å². The van der Waals surface area contributed by atoms with Crippen LogP contribution in [0, 0.1) is 12.8 Å². The summed E-state index contributed by atoms with van der Waals surface area (Å²) in [5, 5.41) is 3.82. The van der Waals surface area contributed by atoms with Gasteiger partial charge in [0.25, 0.3) is 11.8 Å². The first-order valence-electron chi connectivity index (χ1n) is 11.2. The van der Waals surface area contributed by atoms with Gasteiger partial charge in [0.1, 0.15) is 12.0 Å². The van der Waals surface area contributed by atoms with Crippen LogP contribution in [0.5, 0.6) is 11.6 Å². The van der Waals surface area contributed by atoms with Crippen molar-refractivity contribution in [2.45, 2.75) is 45.6 Å². The Morgan fingerprint density at radius 3 is 2.65 bits per heavy atom. The maximum absolute atomic E-state index is 13.4. The predicted octanol–water partition coefficient (Wildman–Crippen LogP) is 3.96. The number of aryl methyl sites for hydroxylation is 1. The average molecular weight is 485 g/mol. The summed E-state index contributed by atoms with van der Waals surface area (Å²) >= 11 is 1.57. The molecule has 10 heteroatoms. The Labute approximate surface area is 202 Å². The number of carbonyl (C=O) groups excluding carboxylic acids is 2. The lowest BCUT2D eigenvalue weighted by Gasteiger charge is -2.28. The number of benzene rings is 1. The number of nitrogens with one attached hydrogen (secondary N) is 1. The van der Waals surface area contributed by atoms with Crippen LogP contribution in [-0.4, -0.2) is 46.6 Å². The van der Waals surface area contributed by atoms with Crippen molar-refractivity contribution in [2.24, 2.45) is 5.92 Å². The van der Waals surface area contributed by atoms with Gasteiger partial charge in [0, 0.05) is 12.6 Å². The summed E-state index contributed by atoms with van der Waals surface area (Å²) in [5.74, 6) is 0.106. The fraction of sp³-hybridized carbons (Fsp3) is 0.417. The minimum atomic E-state index is -0.613. The highest BCUT2D eigenvalue weighted by atomic mass is 32.1. The van der Waals surface area contributed by atoms with Crippen molar-refractivity contribution in [3.63, 3.8) is 0 Å². The standard InChI is InChI=1S/C24H28N4O5S/c1-14(2)21(19-12-20(31-4)26-33-19)24(30)28-11-5-6-18(28)23(29)27-32-17-9-7-16(8-10-17)22-15(3)25-13-34-22/h7-10,12-14,18,21H,5-6,11H2,1-4H3,(H,27,29). The van der Waals surface area contributed by atoms with E-state index >= 15 is 0 Å². The topological polar surface area (TPSA) is 107 Å². The fourth-order valence-corrected chi connectivity index (χ4v) is 4.97.